The van der Waals surface area contributed by atoms with Crippen LogP contribution in [0.25, 0.3) is 0 Å². The van der Waals surface area contributed by atoms with E-state index in [0.717, 1.165) is 12.5 Å². The van der Waals surface area contributed by atoms with Gasteiger partial charge in [-0.2, -0.15) is 0 Å². The average Bonchev–Trinajstić information content (AvgIpc) is 3.33. The number of hydrogen-bond donors (Lipinski definition) is 3. The Morgan fingerprint density at radius 2 is 1.86 bits per heavy atom. The highest BCUT2D eigenvalue weighted by Crippen LogP contribution is 2.35. The van der Waals surface area contributed by atoms with E-state index in [-0.39, 0.29) is 47.9 Å². The first-order chi connectivity index (χ1) is 17.2. The molecule has 1 saturated heterocycles. The van der Waals surface area contributed by atoms with Gasteiger partial charge in [-0.15, -0.1) is 0 Å². The SMILES string of the molecule is CC(F)(F)c1ccccc1Nc1ccc(CNC(=O)[C@]2(CC(=O)c3cc[nH]c(=O)c3)CCOC2)cc1. The van der Waals surface area contributed by atoms with Crippen LogP contribution in [0.1, 0.15) is 41.3 Å². The first kappa shape index (κ1) is 25.2. The van der Waals surface area contributed by atoms with Crippen molar-refractivity contribution in [2.24, 2.45) is 5.41 Å². The molecule has 188 valence electrons. The van der Waals surface area contributed by atoms with Crippen LogP contribution in [-0.4, -0.2) is 29.9 Å². The van der Waals surface area contributed by atoms with E-state index >= 15 is 0 Å². The number of H-pyrrole nitrogens is 1. The molecule has 9 heteroatoms. The first-order valence-corrected chi connectivity index (χ1v) is 11.6. The number of halogens is 2. The van der Waals surface area contributed by atoms with Crippen LogP contribution in [-0.2, 0) is 22.0 Å². The van der Waals surface area contributed by atoms with Crippen molar-refractivity contribution in [1.29, 1.82) is 0 Å². The molecule has 1 aromatic heterocycles. The largest absolute Gasteiger partial charge is 0.380 e. The van der Waals surface area contributed by atoms with Gasteiger partial charge in [0.15, 0.2) is 5.78 Å². The maximum atomic E-state index is 13.9. The topological polar surface area (TPSA) is 100 Å². The van der Waals surface area contributed by atoms with Crippen LogP contribution in [0.3, 0.4) is 0 Å². The number of rotatable bonds is 9. The van der Waals surface area contributed by atoms with Crippen molar-refractivity contribution in [2.45, 2.75) is 32.2 Å². The summed E-state index contributed by atoms with van der Waals surface area (Å²) in [5.74, 6) is -3.57. The Hall–Kier alpha value is -3.85. The van der Waals surface area contributed by atoms with Crippen LogP contribution in [0.5, 0.6) is 0 Å². The van der Waals surface area contributed by atoms with Crippen molar-refractivity contribution in [1.82, 2.24) is 10.3 Å². The molecule has 1 aliphatic heterocycles. The Morgan fingerprint density at radius 1 is 1.11 bits per heavy atom. The van der Waals surface area contributed by atoms with Gasteiger partial charge in [0.2, 0.25) is 11.5 Å². The van der Waals surface area contributed by atoms with Crippen molar-refractivity contribution >= 4 is 23.1 Å². The molecule has 4 rings (SSSR count). The number of benzene rings is 2. The number of alkyl halides is 2. The molecule has 36 heavy (non-hydrogen) atoms. The molecule has 7 nitrogen and oxygen atoms in total. The van der Waals surface area contributed by atoms with E-state index in [9.17, 15) is 23.2 Å². The maximum absolute atomic E-state index is 13.9. The van der Waals surface area contributed by atoms with Gasteiger partial charge >= 0.3 is 0 Å². The quantitative estimate of drug-likeness (QED) is 0.379. The van der Waals surface area contributed by atoms with Crippen LogP contribution in [0, 0.1) is 5.41 Å². The molecule has 3 N–H and O–H groups in total. The lowest BCUT2D eigenvalue weighted by Crippen LogP contribution is -2.42. The lowest BCUT2D eigenvalue weighted by molar-refractivity contribution is -0.131. The summed E-state index contributed by atoms with van der Waals surface area (Å²) < 4.78 is 33.2. The number of carbonyl (C=O) groups is 2. The number of Topliss-reactive ketones (excluding diaryl/α,β-unsaturated/α-hetero) is 1. The molecule has 0 saturated carbocycles. The minimum absolute atomic E-state index is 0.0629. The van der Waals surface area contributed by atoms with Crippen LogP contribution in [0.15, 0.2) is 71.7 Å². The molecule has 0 spiro atoms. The summed E-state index contributed by atoms with van der Waals surface area (Å²) in [6.45, 7) is 1.57. The highest BCUT2D eigenvalue weighted by molar-refractivity contribution is 5.99. The normalized spacial score (nSPS) is 17.5. The van der Waals surface area contributed by atoms with Gasteiger partial charge in [0, 0.05) is 61.3 Å². The molecule has 0 bridgehead atoms. The van der Waals surface area contributed by atoms with E-state index < -0.39 is 11.3 Å². The lowest BCUT2D eigenvalue weighted by Gasteiger charge is -2.25. The second-order valence-corrected chi connectivity index (χ2v) is 9.06. The van der Waals surface area contributed by atoms with E-state index in [1.807, 2.05) is 0 Å². The van der Waals surface area contributed by atoms with Gasteiger partial charge in [-0.05, 0) is 36.2 Å². The molecule has 1 aliphatic rings. The molecule has 1 fully saturated rings. The minimum atomic E-state index is -2.98. The zero-order chi connectivity index (χ0) is 25.8. The second kappa shape index (κ2) is 10.4. The number of ether oxygens (including phenoxy) is 1. The van der Waals surface area contributed by atoms with E-state index in [1.165, 1.54) is 24.4 Å². The smallest absolute Gasteiger partial charge is 0.272 e. The molecule has 1 atom stereocenters. The summed E-state index contributed by atoms with van der Waals surface area (Å²) >= 11 is 0. The van der Waals surface area contributed by atoms with E-state index in [4.69, 9.17) is 4.74 Å². The van der Waals surface area contributed by atoms with E-state index in [1.54, 1.807) is 42.5 Å². The monoisotopic (exact) mass is 495 g/mol. The third kappa shape index (κ3) is 5.85. The second-order valence-electron chi connectivity index (χ2n) is 9.06. The maximum Gasteiger partial charge on any atom is 0.272 e. The Bertz CT molecular complexity index is 1290. The molecule has 2 aromatic carbocycles. The summed E-state index contributed by atoms with van der Waals surface area (Å²) in [6, 6.07) is 16.0. The zero-order valence-electron chi connectivity index (χ0n) is 19.8. The molecule has 0 aliphatic carbocycles. The van der Waals surface area contributed by atoms with Crippen molar-refractivity contribution in [3.8, 4) is 0 Å². The van der Waals surface area contributed by atoms with Gasteiger partial charge in [-0.25, -0.2) is 8.78 Å². The van der Waals surface area contributed by atoms with Crippen LogP contribution < -0.4 is 16.2 Å². The highest BCUT2D eigenvalue weighted by atomic mass is 19.3. The number of nitrogens with one attached hydrogen (secondary N) is 3. The molecule has 1 amide bonds. The van der Waals surface area contributed by atoms with Crippen molar-refractivity contribution < 1.29 is 23.1 Å². The number of anilines is 2. The van der Waals surface area contributed by atoms with Gasteiger partial charge in [-0.3, -0.25) is 14.4 Å². The Morgan fingerprint density at radius 3 is 2.53 bits per heavy atom. The van der Waals surface area contributed by atoms with Gasteiger partial charge < -0.3 is 20.4 Å². The van der Waals surface area contributed by atoms with Gasteiger partial charge in [0.25, 0.3) is 5.92 Å². The summed E-state index contributed by atoms with van der Waals surface area (Å²) in [5.41, 5.74) is 0.523. The first-order valence-electron chi connectivity index (χ1n) is 11.6. The third-order valence-electron chi connectivity index (χ3n) is 6.27. The molecular weight excluding hydrogens is 468 g/mol. The van der Waals surface area contributed by atoms with E-state index in [2.05, 4.69) is 15.6 Å². The number of amides is 1. The Kier molecular flexibility index (Phi) is 7.30. The summed E-state index contributed by atoms with van der Waals surface area (Å²) in [4.78, 5) is 39.9. The summed E-state index contributed by atoms with van der Waals surface area (Å²) in [7, 11) is 0. The van der Waals surface area contributed by atoms with E-state index in [0.29, 0.717) is 24.4 Å². The highest BCUT2D eigenvalue weighted by Gasteiger charge is 2.44. The van der Waals surface area contributed by atoms with Crippen LogP contribution in [0.2, 0.25) is 0 Å². The number of pyridine rings is 1. The van der Waals surface area contributed by atoms with Crippen molar-refractivity contribution in [2.75, 3.05) is 18.5 Å². The fourth-order valence-corrected chi connectivity index (χ4v) is 4.24. The van der Waals surface area contributed by atoms with Crippen LogP contribution >= 0.6 is 0 Å². The average molecular weight is 496 g/mol. The number of carbonyl (C=O) groups excluding carboxylic acids is 2. The zero-order valence-corrected chi connectivity index (χ0v) is 19.8. The third-order valence-corrected chi connectivity index (χ3v) is 6.27. The standard InChI is InChI=1S/C27H27F2N3O4/c1-26(28,29)21-4-2-3-5-22(21)32-20-8-6-18(7-9-20)16-31-25(35)27(11-13-36-17-27)15-23(33)19-10-12-30-24(34)14-19/h2-10,12,14,32H,11,13,15-17H2,1H3,(H,30,34)(H,31,35)/t27-/m0/s1. The van der Waals surface area contributed by atoms with Gasteiger partial charge in [-0.1, -0.05) is 30.3 Å². The van der Waals surface area contributed by atoms with Crippen molar-refractivity contribution in [3.05, 3.63) is 93.9 Å². The molecule has 2 heterocycles. The Labute approximate surface area is 206 Å². The number of aromatic amines is 1. The minimum Gasteiger partial charge on any atom is -0.380 e. The van der Waals surface area contributed by atoms with Crippen molar-refractivity contribution in [3.63, 3.8) is 0 Å². The predicted molar refractivity (Wildman–Crippen MR) is 131 cm³/mol. The lowest BCUT2D eigenvalue weighted by atomic mass is 9.80. The number of para-hydroxylation sites is 1. The van der Waals surface area contributed by atoms with Crippen LogP contribution in [0.4, 0.5) is 20.2 Å². The molecule has 3 aromatic rings. The number of aromatic nitrogens is 1. The molecular formula is C27H27F2N3O4. The predicted octanol–water partition coefficient (Wildman–Crippen LogP) is 4.53. The van der Waals surface area contributed by atoms with Gasteiger partial charge in [0.05, 0.1) is 12.0 Å². The fourth-order valence-electron chi connectivity index (χ4n) is 4.24. The van der Waals surface area contributed by atoms with Gasteiger partial charge in [0.1, 0.15) is 0 Å². The number of hydrogen-bond acceptors (Lipinski definition) is 5. The summed E-state index contributed by atoms with van der Waals surface area (Å²) in [5, 5.41) is 5.91. The number of ketones is 1. The molecule has 0 unspecified atom stereocenters. The fraction of sp³-hybridized carbons (Fsp3) is 0.296. The molecule has 0 radical (unpaired) electrons. The summed E-state index contributed by atoms with van der Waals surface area (Å²) in [6.07, 6.45) is 1.74. The Balaban J connectivity index is 1.39.